The second-order valence-corrected chi connectivity index (χ2v) is 6.16. The summed E-state index contributed by atoms with van der Waals surface area (Å²) in [6, 6.07) is 0. The van der Waals surface area contributed by atoms with Gasteiger partial charge in [0.25, 0.3) is 0 Å². The van der Waals surface area contributed by atoms with E-state index in [0.29, 0.717) is 18.0 Å². The Morgan fingerprint density at radius 1 is 1.50 bits per heavy atom. The molecular formula is C11H13F3N2O2S2. The Bertz CT molecular complexity index is 502. The van der Waals surface area contributed by atoms with Gasteiger partial charge in [0.05, 0.1) is 6.42 Å². The van der Waals surface area contributed by atoms with Crippen LogP contribution in [0.4, 0.5) is 13.2 Å². The van der Waals surface area contributed by atoms with Gasteiger partial charge in [-0.25, -0.2) is 4.39 Å². The largest absolute Gasteiger partial charge is 0.610 e. The van der Waals surface area contributed by atoms with Crippen LogP contribution >= 0.6 is 11.3 Å². The highest BCUT2D eigenvalue weighted by molar-refractivity contribution is 7.93. The molecule has 112 valence electrons. The summed E-state index contributed by atoms with van der Waals surface area (Å²) in [5.41, 5.74) is 1.02. The number of allylic oxidation sites excluding steroid dienone is 1. The van der Waals surface area contributed by atoms with Gasteiger partial charge in [0, 0.05) is 16.6 Å². The molecular weight excluding hydrogens is 313 g/mol. The second-order valence-electron chi connectivity index (χ2n) is 3.56. The highest BCUT2D eigenvalue weighted by Crippen LogP contribution is 2.21. The highest BCUT2D eigenvalue weighted by Gasteiger charge is 2.19. The average Bonchev–Trinajstić information content (AvgIpc) is 2.91. The van der Waals surface area contributed by atoms with Crippen molar-refractivity contribution >= 4 is 28.2 Å². The molecule has 0 spiro atoms. The summed E-state index contributed by atoms with van der Waals surface area (Å²) in [6.45, 7) is 3.88. The van der Waals surface area contributed by atoms with Crippen LogP contribution in [0.5, 0.6) is 0 Å². The molecule has 0 aliphatic carbocycles. The van der Waals surface area contributed by atoms with Crippen LogP contribution in [-0.4, -0.2) is 27.6 Å². The first-order valence-corrected chi connectivity index (χ1v) is 7.86. The van der Waals surface area contributed by atoms with E-state index in [1.807, 2.05) is 0 Å². The van der Waals surface area contributed by atoms with Gasteiger partial charge in [0.1, 0.15) is 23.8 Å². The molecule has 0 aliphatic rings. The Hall–Kier alpha value is -1.06. The second kappa shape index (κ2) is 8.28. The Morgan fingerprint density at radius 2 is 2.20 bits per heavy atom. The maximum absolute atomic E-state index is 12.6. The van der Waals surface area contributed by atoms with E-state index in [2.05, 4.69) is 10.1 Å². The lowest BCUT2D eigenvalue weighted by molar-refractivity contribution is 0.159. The lowest BCUT2D eigenvalue weighted by Gasteiger charge is -2.05. The number of hydrogen-bond donors (Lipinski definition) is 0. The van der Waals surface area contributed by atoms with E-state index in [1.54, 1.807) is 19.2 Å². The number of rotatable bonds is 7. The zero-order valence-corrected chi connectivity index (χ0v) is 12.5. The minimum Gasteiger partial charge on any atom is -0.610 e. The van der Waals surface area contributed by atoms with Crippen molar-refractivity contribution in [1.82, 2.24) is 4.98 Å². The van der Waals surface area contributed by atoms with Crippen molar-refractivity contribution in [2.75, 3.05) is 12.4 Å². The van der Waals surface area contributed by atoms with Crippen molar-refractivity contribution in [1.29, 1.82) is 0 Å². The van der Waals surface area contributed by atoms with Crippen LogP contribution in [0.15, 0.2) is 26.8 Å². The summed E-state index contributed by atoms with van der Waals surface area (Å²) in [6.07, 6.45) is -2.95. The number of nitrogens with zero attached hydrogens (tertiary/aromatic N) is 2. The summed E-state index contributed by atoms with van der Waals surface area (Å²) in [7, 11) is 0. The van der Waals surface area contributed by atoms with Crippen molar-refractivity contribution in [2.24, 2.45) is 5.16 Å². The van der Waals surface area contributed by atoms with E-state index in [9.17, 15) is 17.7 Å². The smallest absolute Gasteiger partial charge is 0.302 e. The van der Waals surface area contributed by atoms with Crippen molar-refractivity contribution in [3.63, 3.8) is 0 Å². The fourth-order valence-corrected chi connectivity index (χ4v) is 3.25. The zero-order valence-electron chi connectivity index (χ0n) is 10.9. The predicted molar refractivity (Wildman–Crippen MR) is 72.2 cm³/mol. The molecule has 1 unspecified atom stereocenters. The molecule has 1 rings (SSSR count). The topological polar surface area (TPSA) is 57.5 Å². The maximum atomic E-state index is 12.6. The van der Waals surface area contributed by atoms with Gasteiger partial charge in [0.15, 0.2) is 5.83 Å². The monoisotopic (exact) mass is 326 g/mol. The molecule has 0 fully saturated rings. The molecule has 1 aromatic heterocycles. The average molecular weight is 326 g/mol. The molecule has 1 aromatic rings. The van der Waals surface area contributed by atoms with E-state index < -0.39 is 29.5 Å². The lowest BCUT2D eigenvalue weighted by Crippen LogP contribution is -2.08. The van der Waals surface area contributed by atoms with E-state index >= 15 is 0 Å². The molecule has 0 bridgehead atoms. The summed E-state index contributed by atoms with van der Waals surface area (Å²) in [5.74, 6) is -1.78. The fourth-order valence-electron chi connectivity index (χ4n) is 1.10. The first-order chi connectivity index (χ1) is 9.45. The first kappa shape index (κ1) is 17.0. The van der Waals surface area contributed by atoms with Crippen molar-refractivity contribution in [3.05, 3.63) is 23.0 Å². The van der Waals surface area contributed by atoms with Crippen LogP contribution in [0.2, 0.25) is 0 Å². The highest BCUT2D eigenvalue weighted by atomic mass is 32.2. The molecule has 0 N–H and O–H groups in total. The minimum atomic E-state index is -2.37. The minimum absolute atomic E-state index is 0.238. The molecule has 0 aromatic carbocycles. The summed E-state index contributed by atoms with van der Waals surface area (Å²) >= 11 is -0.512. The van der Waals surface area contributed by atoms with Gasteiger partial charge in [-0.15, -0.1) is 0 Å². The Morgan fingerprint density at radius 3 is 2.80 bits per heavy atom. The Balaban J connectivity index is 2.65. The molecule has 0 radical (unpaired) electrons. The third-order valence-corrected chi connectivity index (χ3v) is 4.63. The third-order valence-electron chi connectivity index (χ3n) is 2.09. The van der Waals surface area contributed by atoms with Crippen LogP contribution in [0, 0.1) is 0 Å². The van der Waals surface area contributed by atoms with Crippen molar-refractivity contribution < 1.29 is 22.6 Å². The van der Waals surface area contributed by atoms with Crippen LogP contribution in [0.3, 0.4) is 0 Å². The van der Waals surface area contributed by atoms with Gasteiger partial charge in [-0.1, -0.05) is 16.5 Å². The Labute approximate surface area is 121 Å². The molecule has 4 nitrogen and oxygen atoms in total. The van der Waals surface area contributed by atoms with Crippen LogP contribution in [-0.2, 0) is 16.0 Å². The number of halogens is 3. The molecule has 0 aliphatic heterocycles. The molecule has 20 heavy (non-hydrogen) atoms. The zero-order chi connectivity index (χ0) is 15.1. The normalized spacial score (nSPS) is 13.2. The van der Waals surface area contributed by atoms with Crippen molar-refractivity contribution in [3.8, 4) is 0 Å². The van der Waals surface area contributed by atoms with Crippen molar-refractivity contribution in [2.45, 2.75) is 24.6 Å². The molecule has 1 heterocycles. The quantitative estimate of drug-likeness (QED) is 0.438. The maximum Gasteiger partial charge on any atom is 0.302 e. The van der Waals surface area contributed by atoms with Crippen LogP contribution < -0.4 is 0 Å². The SMILES string of the molecule is CCO/N=C(\C)c1csc([S+]([O-])CCC(F)=C(F)F)n1. The summed E-state index contributed by atoms with van der Waals surface area (Å²) in [5, 5.41) is 5.41. The number of oxime groups is 1. The Kier molecular flexibility index (Phi) is 7.03. The summed E-state index contributed by atoms with van der Waals surface area (Å²) < 4.78 is 48.4. The van der Waals surface area contributed by atoms with Gasteiger partial charge in [-0.05, 0) is 13.8 Å². The van der Waals surface area contributed by atoms with Gasteiger partial charge in [-0.3, -0.25) is 0 Å². The van der Waals surface area contributed by atoms with Gasteiger partial charge < -0.3 is 9.39 Å². The number of aromatic nitrogens is 1. The van der Waals surface area contributed by atoms with E-state index in [0.717, 1.165) is 11.3 Å². The molecule has 1 atom stereocenters. The molecule has 9 heteroatoms. The van der Waals surface area contributed by atoms with Gasteiger partial charge in [-0.2, -0.15) is 13.8 Å². The van der Waals surface area contributed by atoms with Gasteiger partial charge in [0.2, 0.25) is 0 Å². The van der Waals surface area contributed by atoms with Gasteiger partial charge >= 0.3 is 10.4 Å². The molecule has 0 saturated heterocycles. The van der Waals surface area contributed by atoms with Crippen LogP contribution in [0.1, 0.15) is 26.0 Å². The lowest BCUT2D eigenvalue weighted by atomic mass is 10.3. The third kappa shape index (κ3) is 5.14. The summed E-state index contributed by atoms with van der Waals surface area (Å²) in [4.78, 5) is 8.93. The molecule has 0 amide bonds. The first-order valence-electron chi connectivity index (χ1n) is 5.66. The standard InChI is InChI=1S/C11H13F3N2O2S2/c1-3-18-16-7(2)9-6-19-11(15-9)20(17)5-4-8(12)10(13)14/h6H,3-5H2,1-2H3/b16-7+. The number of hydrogen-bond acceptors (Lipinski definition) is 5. The molecule has 0 saturated carbocycles. The number of thiazole rings is 1. The fraction of sp³-hybridized carbons (Fsp3) is 0.455. The predicted octanol–water partition coefficient (Wildman–Crippen LogP) is 3.48. The van der Waals surface area contributed by atoms with E-state index in [1.165, 1.54) is 0 Å². The van der Waals surface area contributed by atoms with E-state index in [4.69, 9.17) is 4.84 Å². The van der Waals surface area contributed by atoms with E-state index in [-0.39, 0.29) is 10.1 Å². The van der Waals surface area contributed by atoms with Crippen LogP contribution in [0.25, 0.3) is 0 Å².